The van der Waals surface area contributed by atoms with E-state index < -0.39 is 5.41 Å². The van der Waals surface area contributed by atoms with E-state index in [1.807, 2.05) is 30.5 Å². The van der Waals surface area contributed by atoms with Crippen molar-refractivity contribution in [2.45, 2.75) is 98.8 Å². The molecule has 7 nitrogen and oxygen atoms in total. The average molecular weight is 1110 g/mol. The van der Waals surface area contributed by atoms with Crippen LogP contribution in [0, 0.1) is 6.92 Å². The molecule has 13 aromatic rings. The van der Waals surface area contributed by atoms with E-state index >= 15 is 0 Å². The van der Waals surface area contributed by atoms with Gasteiger partial charge in [-0.3, -0.25) is 9.80 Å². The molecule has 2 N–H and O–H groups in total. The van der Waals surface area contributed by atoms with Crippen LogP contribution in [0.5, 0.6) is 0 Å². The minimum atomic E-state index is -0.503. The van der Waals surface area contributed by atoms with Crippen molar-refractivity contribution in [2.75, 3.05) is 9.80 Å². The highest BCUT2D eigenvalue weighted by Crippen LogP contribution is 2.59. The van der Waals surface area contributed by atoms with Gasteiger partial charge in [0.1, 0.15) is 45.1 Å². The molecule has 0 aliphatic heterocycles. The first-order valence-corrected chi connectivity index (χ1v) is 29.8. The second kappa shape index (κ2) is 19.8. The van der Waals surface area contributed by atoms with Crippen LogP contribution < -0.4 is 15.5 Å². The molecule has 1 aliphatic rings. The van der Waals surface area contributed by atoms with Crippen molar-refractivity contribution in [2.24, 2.45) is 5.73 Å². The second-order valence-corrected chi connectivity index (χ2v) is 25.8. The third kappa shape index (κ3) is 8.65. The normalized spacial score (nSPS) is 14.6. The maximum Gasteiger partial charge on any atom is 0.145 e. The van der Waals surface area contributed by atoms with Gasteiger partial charge in [0.2, 0.25) is 0 Å². The average Bonchev–Trinajstić information content (AvgIpc) is 1.75. The highest BCUT2D eigenvalue weighted by molar-refractivity contribution is 6.20. The first kappa shape index (κ1) is 53.4. The van der Waals surface area contributed by atoms with Gasteiger partial charge in [-0.1, -0.05) is 188 Å². The Kier molecular flexibility index (Phi) is 12.4. The van der Waals surface area contributed by atoms with Crippen LogP contribution in [-0.2, 0) is 16.2 Å². The van der Waals surface area contributed by atoms with Gasteiger partial charge in [0.05, 0.1) is 11.1 Å². The number of para-hydroxylation sites is 5. The zero-order valence-electron chi connectivity index (χ0n) is 50.4. The first-order valence-electron chi connectivity index (χ1n) is 29.8. The van der Waals surface area contributed by atoms with Crippen molar-refractivity contribution >= 4 is 100.0 Å². The van der Waals surface area contributed by atoms with Crippen LogP contribution in [0.25, 0.3) is 93.6 Å². The summed E-state index contributed by atoms with van der Waals surface area (Å²) >= 11 is 0. The smallest absolute Gasteiger partial charge is 0.145 e. The fraction of sp³-hybridized carbons (Fsp3) is 0.192. The highest BCUT2D eigenvalue weighted by Gasteiger charge is 2.43. The van der Waals surface area contributed by atoms with Crippen LogP contribution in [-0.4, -0.2) is 4.98 Å². The summed E-state index contributed by atoms with van der Waals surface area (Å²) in [5, 5.41) is 6.30. The molecule has 0 amide bonds. The predicted octanol–water partition coefficient (Wildman–Crippen LogP) is 21.9. The van der Waals surface area contributed by atoms with E-state index in [0.717, 1.165) is 145 Å². The van der Waals surface area contributed by atoms with Gasteiger partial charge >= 0.3 is 0 Å². The van der Waals surface area contributed by atoms with Crippen molar-refractivity contribution in [3.8, 4) is 22.3 Å². The molecular formula is C78H70N4O3. The number of aryl methyl sites for hydroxylation is 1. The van der Waals surface area contributed by atoms with Gasteiger partial charge in [-0.05, 0) is 138 Å². The van der Waals surface area contributed by atoms with Gasteiger partial charge in [0.25, 0.3) is 0 Å². The lowest BCUT2D eigenvalue weighted by molar-refractivity contribution is 0.564. The summed E-state index contributed by atoms with van der Waals surface area (Å²) in [6, 6.07) is 67.5. The lowest BCUT2D eigenvalue weighted by atomic mass is 9.77. The Morgan fingerprint density at radius 3 is 1.71 bits per heavy atom. The number of rotatable bonds is 10. The topological polar surface area (TPSA) is 84.8 Å². The van der Waals surface area contributed by atoms with Crippen molar-refractivity contribution < 1.29 is 13.3 Å². The Morgan fingerprint density at radius 1 is 0.541 bits per heavy atom. The number of nitrogens with zero attached hydrogens (tertiary/aromatic N) is 3. The summed E-state index contributed by atoms with van der Waals surface area (Å²) in [6.07, 6.45) is 4.98. The molecule has 4 heterocycles. The van der Waals surface area contributed by atoms with Gasteiger partial charge in [-0.15, -0.1) is 0 Å². The van der Waals surface area contributed by atoms with Gasteiger partial charge in [-0.2, -0.15) is 0 Å². The molecule has 0 radical (unpaired) electrons. The van der Waals surface area contributed by atoms with Gasteiger partial charge in [0, 0.05) is 83.4 Å². The van der Waals surface area contributed by atoms with E-state index in [2.05, 4.69) is 256 Å². The van der Waals surface area contributed by atoms with Crippen LogP contribution in [0.15, 0.2) is 225 Å². The van der Waals surface area contributed by atoms with Crippen LogP contribution >= 0.6 is 0 Å². The third-order valence-corrected chi connectivity index (χ3v) is 17.8. The number of fused-ring (bicyclic) bond motifs is 13. The Morgan fingerprint density at radius 2 is 1.08 bits per heavy atom. The van der Waals surface area contributed by atoms with Crippen molar-refractivity contribution in [1.82, 2.24) is 4.98 Å². The quantitative estimate of drug-likeness (QED) is 0.137. The SMILES string of the molecule is CCC1(C)c2cc(N(/C(N)=C(/C=C(C)C)c3cccc4c3oc3ccccc34)c3ccc(C(C)(C)C)cc3)ccc2-c2c1cc(N(c1ccc(C(C)(C)C)cc1)c1ncc(C)cc1-c1cccc3c1oc1ccccc13)c1c2oc2ccccc21. The summed E-state index contributed by atoms with van der Waals surface area (Å²) in [6.45, 7) is 24.6. The zero-order valence-corrected chi connectivity index (χ0v) is 50.4. The van der Waals surface area contributed by atoms with E-state index in [4.69, 9.17) is 24.0 Å². The highest BCUT2D eigenvalue weighted by atomic mass is 16.3. The second-order valence-electron chi connectivity index (χ2n) is 25.8. The third-order valence-electron chi connectivity index (χ3n) is 17.8. The molecule has 85 heavy (non-hydrogen) atoms. The molecular weight excluding hydrogens is 1040 g/mol. The van der Waals surface area contributed by atoms with E-state index in [9.17, 15) is 0 Å². The van der Waals surface area contributed by atoms with Crippen LogP contribution in [0.2, 0.25) is 0 Å². The molecule has 4 aromatic heterocycles. The minimum Gasteiger partial charge on any atom is -0.455 e. The van der Waals surface area contributed by atoms with Crippen LogP contribution in [0.3, 0.4) is 0 Å². The van der Waals surface area contributed by atoms with Crippen LogP contribution in [0.4, 0.5) is 28.6 Å². The minimum absolute atomic E-state index is 0.0524. The summed E-state index contributed by atoms with van der Waals surface area (Å²) in [4.78, 5) is 10.1. The molecule has 7 heteroatoms. The zero-order chi connectivity index (χ0) is 58.8. The lowest BCUT2D eigenvalue weighted by Gasteiger charge is -2.32. The monoisotopic (exact) mass is 1110 g/mol. The summed E-state index contributed by atoms with van der Waals surface area (Å²) in [7, 11) is 0. The molecule has 0 saturated carbocycles. The van der Waals surface area contributed by atoms with Crippen LogP contribution in [0.1, 0.15) is 109 Å². The van der Waals surface area contributed by atoms with Crippen molar-refractivity contribution in [3.63, 3.8) is 0 Å². The number of allylic oxidation sites excluding steroid dienone is 3. The fourth-order valence-electron chi connectivity index (χ4n) is 13.2. The Balaban J connectivity index is 1.02. The van der Waals surface area contributed by atoms with E-state index in [1.54, 1.807) is 0 Å². The fourth-order valence-corrected chi connectivity index (χ4v) is 13.2. The molecule has 14 rings (SSSR count). The first-order chi connectivity index (χ1) is 40.9. The summed E-state index contributed by atoms with van der Waals surface area (Å²) in [5.74, 6) is 1.37. The summed E-state index contributed by atoms with van der Waals surface area (Å²) in [5.41, 5.74) is 29.0. The number of benzene rings is 9. The van der Waals surface area contributed by atoms with E-state index in [-0.39, 0.29) is 10.8 Å². The Hall–Kier alpha value is -9.59. The number of hydrogen-bond donors (Lipinski definition) is 1. The maximum absolute atomic E-state index is 7.86. The molecule has 0 saturated heterocycles. The standard InChI is InChI=1S/C78H70N4O3/c1-12-78(11)63-43-52(81(50-35-31-48(32-36-50)76(5,6)7)74(79)61(41-46(2)3)57-26-19-24-55-53-21-13-16-28-66(53)83-71(55)57)39-40-59(63)69-64(78)44-65(70-60-23-15-18-30-68(60)85-73(69)70)82(51-37-33-49(34-38-51)77(8,9)10)75-62(42-47(4)45-80-75)58-27-20-25-56-54-22-14-17-29-67(54)84-72(56)58/h13-45H,12,79H2,1-11H3/b74-61-. The Labute approximate surface area is 497 Å². The van der Waals surface area contributed by atoms with Crippen molar-refractivity contribution in [3.05, 3.63) is 245 Å². The van der Waals surface area contributed by atoms with E-state index in [0.29, 0.717) is 5.82 Å². The Bertz CT molecular complexity index is 4890. The number of furan rings is 3. The predicted molar refractivity (Wildman–Crippen MR) is 356 cm³/mol. The molecule has 1 aliphatic carbocycles. The molecule has 0 fully saturated rings. The number of nitrogens with two attached hydrogens (primary N) is 1. The molecule has 1 atom stereocenters. The van der Waals surface area contributed by atoms with Gasteiger partial charge in [-0.25, -0.2) is 4.98 Å². The number of hydrogen-bond acceptors (Lipinski definition) is 7. The van der Waals surface area contributed by atoms with E-state index in [1.165, 1.54) is 22.3 Å². The van der Waals surface area contributed by atoms with Crippen molar-refractivity contribution in [1.29, 1.82) is 0 Å². The maximum atomic E-state index is 7.86. The van der Waals surface area contributed by atoms with Gasteiger partial charge in [0.15, 0.2) is 0 Å². The molecule has 420 valence electrons. The lowest BCUT2D eigenvalue weighted by Crippen LogP contribution is -2.25. The molecule has 0 spiro atoms. The number of pyridine rings is 1. The number of anilines is 5. The summed E-state index contributed by atoms with van der Waals surface area (Å²) < 4.78 is 20.9. The molecule has 0 bridgehead atoms. The molecule has 1 unspecified atom stereocenters. The number of aromatic nitrogens is 1. The van der Waals surface area contributed by atoms with Gasteiger partial charge < -0.3 is 19.0 Å². The molecule has 9 aromatic carbocycles. The largest absolute Gasteiger partial charge is 0.455 e.